The lowest BCUT2D eigenvalue weighted by molar-refractivity contribution is -0.119. The van der Waals surface area contributed by atoms with Gasteiger partial charge >= 0.3 is 0 Å². The van der Waals surface area contributed by atoms with Gasteiger partial charge < -0.3 is 25.3 Å². The highest BCUT2D eigenvalue weighted by atomic mass is 32.2. The molecule has 1 atom stereocenters. The van der Waals surface area contributed by atoms with E-state index in [0.717, 1.165) is 11.8 Å². The Morgan fingerprint density at radius 3 is 2.10 bits per heavy atom. The van der Waals surface area contributed by atoms with E-state index >= 15 is 0 Å². The van der Waals surface area contributed by atoms with Crippen LogP contribution in [0.4, 0.5) is 0 Å². The zero-order chi connectivity index (χ0) is 21.6. The number of rotatable bonds is 8. The first kappa shape index (κ1) is 22.1. The second kappa shape index (κ2) is 9.83. The Bertz CT molecular complexity index is 906. The Morgan fingerprint density at radius 1 is 1.00 bits per heavy atom. The Kier molecular flexibility index (Phi) is 7.49. The number of carbonyl (C=O) groups is 3. The molecule has 0 aromatic heterocycles. The van der Waals surface area contributed by atoms with Gasteiger partial charge in [0.15, 0.2) is 11.5 Å². The molecule has 3 N–H and O–H groups in total. The minimum atomic E-state index is -0.841. The van der Waals surface area contributed by atoms with Crippen molar-refractivity contribution in [3.05, 3.63) is 47.5 Å². The van der Waals surface area contributed by atoms with Crippen molar-refractivity contribution in [2.24, 2.45) is 5.73 Å². The molecule has 154 valence electrons. The highest BCUT2D eigenvalue weighted by Crippen LogP contribution is 2.39. The number of amides is 2. The van der Waals surface area contributed by atoms with Gasteiger partial charge in [0.2, 0.25) is 16.8 Å². The number of ether oxygens (including phenoxy) is 3. The van der Waals surface area contributed by atoms with Crippen molar-refractivity contribution >= 4 is 28.7 Å². The number of thioether (sulfide) groups is 1. The molecule has 2 amide bonds. The van der Waals surface area contributed by atoms with Gasteiger partial charge in [-0.3, -0.25) is 14.4 Å². The highest BCUT2D eigenvalue weighted by molar-refractivity contribution is 8.14. The molecule has 8 nitrogen and oxygen atoms in total. The van der Waals surface area contributed by atoms with Gasteiger partial charge in [0.25, 0.3) is 5.91 Å². The van der Waals surface area contributed by atoms with E-state index in [2.05, 4.69) is 5.32 Å². The first-order chi connectivity index (χ1) is 13.8. The number of carbonyl (C=O) groups excluding carboxylic acids is 3. The van der Waals surface area contributed by atoms with Gasteiger partial charge in [-0.1, -0.05) is 12.1 Å². The average Bonchev–Trinajstić information content (AvgIpc) is 2.72. The zero-order valence-electron chi connectivity index (χ0n) is 16.5. The summed E-state index contributed by atoms with van der Waals surface area (Å²) >= 11 is 0.871. The highest BCUT2D eigenvalue weighted by Gasteiger charge is 2.21. The summed E-state index contributed by atoms with van der Waals surface area (Å²) in [6.45, 7) is 1.48. The van der Waals surface area contributed by atoms with Gasteiger partial charge in [0.05, 0.1) is 26.9 Å². The predicted octanol–water partition coefficient (Wildman–Crippen LogP) is 2.25. The molecule has 0 radical (unpaired) electrons. The fraction of sp³-hybridized carbons (Fsp3) is 0.250. The van der Waals surface area contributed by atoms with E-state index in [1.807, 2.05) is 0 Å². The molecule has 0 aliphatic rings. The zero-order valence-corrected chi connectivity index (χ0v) is 17.3. The number of methoxy groups -OCH3 is 3. The van der Waals surface area contributed by atoms with E-state index in [9.17, 15) is 14.4 Å². The molecular formula is C20H22N2O6S. The van der Waals surface area contributed by atoms with Crippen molar-refractivity contribution in [3.8, 4) is 17.2 Å². The lowest BCUT2D eigenvalue weighted by atomic mass is 10.2. The smallest absolute Gasteiger partial charge is 0.253 e. The topological polar surface area (TPSA) is 117 Å². The number of nitrogens with two attached hydrogens (primary N) is 1. The van der Waals surface area contributed by atoms with Gasteiger partial charge in [-0.15, -0.1) is 0 Å². The van der Waals surface area contributed by atoms with Crippen LogP contribution >= 0.6 is 11.8 Å². The normalized spacial score (nSPS) is 11.3. The van der Waals surface area contributed by atoms with Crippen LogP contribution in [-0.2, 0) is 4.79 Å². The van der Waals surface area contributed by atoms with E-state index in [4.69, 9.17) is 19.9 Å². The molecule has 2 aromatic carbocycles. The monoisotopic (exact) mass is 418 g/mol. The standard InChI is InChI=1S/C20H22N2O6S/c1-11(18(21)23)22-19(24)13-7-5-6-8-16(13)29-20(25)12-9-14(26-2)17(28-4)15(10-12)27-3/h5-11H,1-4H3,(H2,21,23)(H,22,24)/t11-/m0/s1. The maximum Gasteiger partial charge on any atom is 0.253 e. The molecule has 0 fully saturated rings. The molecule has 29 heavy (non-hydrogen) atoms. The van der Waals surface area contributed by atoms with Crippen LogP contribution in [0.15, 0.2) is 41.3 Å². The van der Waals surface area contributed by atoms with Crippen LogP contribution in [0, 0.1) is 0 Å². The van der Waals surface area contributed by atoms with E-state index in [1.165, 1.54) is 40.4 Å². The Morgan fingerprint density at radius 2 is 1.59 bits per heavy atom. The van der Waals surface area contributed by atoms with Gasteiger partial charge in [-0.05, 0) is 43.0 Å². The maximum atomic E-state index is 12.9. The summed E-state index contributed by atoms with van der Waals surface area (Å²) in [6.07, 6.45) is 0. The lowest BCUT2D eigenvalue weighted by Gasteiger charge is -2.14. The minimum absolute atomic E-state index is 0.256. The largest absolute Gasteiger partial charge is 0.493 e. The van der Waals surface area contributed by atoms with Crippen LogP contribution < -0.4 is 25.3 Å². The number of nitrogens with one attached hydrogen (secondary N) is 1. The van der Waals surface area contributed by atoms with Crippen molar-refractivity contribution in [1.29, 1.82) is 0 Å². The van der Waals surface area contributed by atoms with Crippen LogP contribution in [0.5, 0.6) is 17.2 Å². The van der Waals surface area contributed by atoms with Crippen molar-refractivity contribution in [2.75, 3.05) is 21.3 Å². The summed E-state index contributed by atoms with van der Waals surface area (Å²) in [5, 5.41) is 2.18. The second-order valence-corrected chi connectivity index (χ2v) is 6.91. The molecule has 0 heterocycles. The first-order valence-corrected chi connectivity index (χ1v) is 9.35. The van der Waals surface area contributed by atoms with Gasteiger partial charge in [0, 0.05) is 10.5 Å². The Balaban J connectivity index is 2.32. The third-order valence-electron chi connectivity index (χ3n) is 4.01. The van der Waals surface area contributed by atoms with E-state index < -0.39 is 17.9 Å². The van der Waals surface area contributed by atoms with Crippen LogP contribution in [0.25, 0.3) is 0 Å². The third kappa shape index (κ3) is 5.20. The van der Waals surface area contributed by atoms with E-state index in [-0.39, 0.29) is 10.7 Å². The predicted molar refractivity (Wildman–Crippen MR) is 109 cm³/mol. The van der Waals surface area contributed by atoms with Crippen LogP contribution in [0.1, 0.15) is 27.6 Å². The minimum Gasteiger partial charge on any atom is -0.493 e. The molecule has 0 aliphatic heterocycles. The third-order valence-corrected chi connectivity index (χ3v) is 5.01. The Hall–Kier alpha value is -3.20. The molecule has 0 aliphatic carbocycles. The van der Waals surface area contributed by atoms with Crippen molar-refractivity contribution in [3.63, 3.8) is 0 Å². The molecule has 2 rings (SSSR count). The quantitative estimate of drug-likeness (QED) is 0.632. The number of hydrogen-bond donors (Lipinski definition) is 2. The molecule has 0 saturated carbocycles. The number of hydrogen-bond acceptors (Lipinski definition) is 7. The number of primary amides is 1. The molecule has 2 aromatic rings. The molecule has 0 bridgehead atoms. The van der Waals surface area contributed by atoms with Crippen LogP contribution in [-0.4, -0.2) is 44.3 Å². The van der Waals surface area contributed by atoms with Crippen molar-refractivity contribution in [2.45, 2.75) is 17.9 Å². The molecule has 0 saturated heterocycles. The lowest BCUT2D eigenvalue weighted by Crippen LogP contribution is -2.42. The summed E-state index contributed by atoms with van der Waals surface area (Å²) in [7, 11) is 4.38. The van der Waals surface area contributed by atoms with Gasteiger partial charge in [-0.2, -0.15) is 0 Å². The Labute approximate surface area is 172 Å². The van der Waals surface area contributed by atoms with Gasteiger partial charge in [0.1, 0.15) is 6.04 Å². The van der Waals surface area contributed by atoms with Crippen molar-refractivity contribution in [1.82, 2.24) is 5.32 Å². The van der Waals surface area contributed by atoms with E-state index in [1.54, 1.807) is 24.3 Å². The average molecular weight is 418 g/mol. The summed E-state index contributed by atoms with van der Waals surface area (Å²) in [4.78, 5) is 37.0. The second-order valence-electron chi connectivity index (χ2n) is 5.90. The summed E-state index contributed by atoms with van der Waals surface area (Å²) in [6, 6.07) is 8.81. The van der Waals surface area contributed by atoms with E-state index in [0.29, 0.717) is 27.7 Å². The van der Waals surface area contributed by atoms with Gasteiger partial charge in [-0.25, -0.2) is 0 Å². The molecule has 9 heteroatoms. The molecule has 0 unspecified atom stereocenters. The summed E-state index contributed by atoms with van der Waals surface area (Å²) in [5.74, 6) is -0.0972. The maximum absolute atomic E-state index is 12.9. The van der Waals surface area contributed by atoms with Crippen molar-refractivity contribution < 1.29 is 28.6 Å². The van der Waals surface area contributed by atoms with Crippen LogP contribution in [0.3, 0.4) is 0 Å². The molecule has 0 spiro atoms. The fourth-order valence-electron chi connectivity index (χ4n) is 2.45. The molecular weight excluding hydrogens is 396 g/mol. The fourth-order valence-corrected chi connectivity index (χ4v) is 3.30. The SMILES string of the molecule is COc1cc(C(=O)Sc2ccccc2C(=O)N[C@@H](C)C(N)=O)cc(OC)c1OC. The first-order valence-electron chi connectivity index (χ1n) is 8.53. The summed E-state index contributed by atoms with van der Waals surface area (Å²) < 4.78 is 15.8. The van der Waals surface area contributed by atoms with Crippen LogP contribution in [0.2, 0.25) is 0 Å². The summed E-state index contributed by atoms with van der Waals surface area (Å²) in [5.41, 5.74) is 5.75. The number of benzene rings is 2.